The SMILES string of the molecule is O=C1CSC(=S)N1/N=C\C1=Cc2ccccc2OC1. The van der Waals surface area contributed by atoms with Crippen LogP contribution in [-0.4, -0.2) is 33.8 Å². The predicted molar refractivity (Wildman–Crippen MR) is 80.3 cm³/mol. The fourth-order valence-electron chi connectivity index (χ4n) is 1.80. The average Bonchev–Trinajstić information content (AvgIpc) is 2.76. The topological polar surface area (TPSA) is 41.9 Å². The second kappa shape index (κ2) is 5.14. The number of fused-ring (bicyclic) bond motifs is 1. The zero-order valence-electron chi connectivity index (χ0n) is 9.91. The number of rotatable bonds is 2. The van der Waals surface area contributed by atoms with Gasteiger partial charge < -0.3 is 4.74 Å². The molecule has 2 aliphatic rings. The summed E-state index contributed by atoms with van der Waals surface area (Å²) in [5.74, 6) is 1.15. The number of carbonyl (C=O) groups is 1. The highest BCUT2D eigenvalue weighted by atomic mass is 32.2. The summed E-state index contributed by atoms with van der Waals surface area (Å²) in [5.41, 5.74) is 1.92. The summed E-state index contributed by atoms with van der Waals surface area (Å²) in [6, 6.07) is 7.79. The molecule has 0 saturated carbocycles. The summed E-state index contributed by atoms with van der Waals surface area (Å²) >= 11 is 6.38. The fraction of sp³-hybridized carbons (Fsp3) is 0.154. The monoisotopic (exact) mass is 290 g/mol. The first kappa shape index (κ1) is 12.4. The molecule has 6 heteroatoms. The van der Waals surface area contributed by atoms with Crippen LogP contribution >= 0.6 is 24.0 Å². The van der Waals surface area contributed by atoms with Crippen LogP contribution in [0.1, 0.15) is 5.56 Å². The molecule has 1 amide bonds. The number of thiocarbonyl (C=S) groups is 1. The number of para-hydroxylation sites is 1. The van der Waals surface area contributed by atoms with E-state index < -0.39 is 0 Å². The molecule has 0 spiro atoms. The number of nitrogens with zero attached hydrogens (tertiary/aromatic N) is 2. The number of ether oxygens (including phenoxy) is 1. The van der Waals surface area contributed by atoms with Crippen molar-refractivity contribution in [1.82, 2.24) is 5.01 Å². The van der Waals surface area contributed by atoms with Crippen LogP contribution in [0.5, 0.6) is 5.75 Å². The molecule has 0 atom stereocenters. The van der Waals surface area contributed by atoms with Crippen molar-refractivity contribution >= 4 is 46.5 Å². The summed E-state index contributed by atoms with van der Waals surface area (Å²) in [4.78, 5) is 11.5. The van der Waals surface area contributed by atoms with Gasteiger partial charge in [-0.1, -0.05) is 42.2 Å². The number of hydrogen-bond donors (Lipinski definition) is 0. The van der Waals surface area contributed by atoms with E-state index in [0.717, 1.165) is 16.9 Å². The Morgan fingerprint density at radius 3 is 3.05 bits per heavy atom. The number of hydrazone groups is 1. The Bertz CT molecular complexity index is 594. The molecule has 1 aromatic rings. The van der Waals surface area contributed by atoms with Gasteiger partial charge in [-0.2, -0.15) is 10.1 Å². The highest BCUT2D eigenvalue weighted by Crippen LogP contribution is 2.25. The first-order valence-electron chi connectivity index (χ1n) is 5.70. The van der Waals surface area contributed by atoms with Gasteiger partial charge in [0.05, 0.1) is 12.0 Å². The molecule has 0 aromatic heterocycles. The molecule has 1 aromatic carbocycles. The summed E-state index contributed by atoms with van der Waals surface area (Å²) in [5, 5.41) is 5.40. The van der Waals surface area contributed by atoms with E-state index in [4.69, 9.17) is 17.0 Å². The molecule has 2 aliphatic heterocycles. The average molecular weight is 290 g/mol. The highest BCUT2D eigenvalue weighted by Gasteiger charge is 2.26. The minimum absolute atomic E-state index is 0.0797. The van der Waals surface area contributed by atoms with E-state index in [1.807, 2.05) is 30.3 Å². The van der Waals surface area contributed by atoms with Crippen LogP contribution in [0.2, 0.25) is 0 Å². The molecule has 3 rings (SSSR count). The fourth-order valence-corrected chi connectivity index (χ4v) is 2.77. The molecule has 1 saturated heterocycles. The maximum Gasteiger partial charge on any atom is 0.259 e. The van der Waals surface area contributed by atoms with Crippen LogP contribution in [0, 0.1) is 0 Å². The maximum absolute atomic E-state index is 11.5. The molecule has 2 heterocycles. The lowest BCUT2D eigenvalue weighted by atomic mass is 10.1. The van der Waals surface area contributed by atoms with Crippen LogP contribution in [-0.2, 0) is 4.79 Å². The van der Waals surface area contributed by atoms with Gasteiger partial charge in [-0.05, 0) is 12.1 Å². The summed E-state index contributed by atoms with van der Waals surface area (Å²) in [6.45, 7) is 0.447. The molecule has 0 bridgehead atoms. The first-order valence-corrected chi connectivity index (χ1v) is 7.09. The maximum atomic E-state index is 11.5. The number of thioether (sulfide) groups is 1. The van der Waals surface area contributed by atoms with Gasteiger partial charge in [-0.25, -0.2) is 0 Å². The summed E-state index contributed by atoms with van der Waals surface area (Å²) < 4.78 is 6.10. The number of hydrogen-bond acceptors (Lipinski definition) is 5. The van der Waals surface area contributed by atoms with E-state index in [1.54, 1.807) is 6.21 Å². The van der Waals surface area contributed by atoms with E-state index in [1.165, 1.54) is 16.8 Å². The third-order valence-corrected chi connectivity index (χ3v) is 4.06. The molecule has 19 heavy (non-hydrogen) atoms. The van der Waals surface area contributed by atoms with E-state index in [9.17, 15) is 4.79 Å². The Morgan fingerprint density at radius 1 is 1.42 bits per heavy atom. The Hall–Kier alpha value is -1.66. The quantitative estimate of drug-likeness (QED) is 0.619. The summed E-state index contributed by atoms with van der Waals surface area (Å²) in [6.07, 6.45) is 3.63. The van der Waals surface area contributed by atoms with Crippen molar-refractivity contribution in [3.8, 4) is 5.75 Å². The first-order chi connectivity index (χ1) is 9.24. The molecule has 0 radical (unpaired) electrons. The molecule has 0 unspecified atom stereocenters. The Morgan fingerprint density at radius 2 is 2.26 bits per heavy atom. The van der Waals surface area contributed by atoms with Gasteiger partial charge in [0.25, 0.3) is 5.91 Å². The molecule has 4 nitrogen and oxygen atoms in total. The van der Waals surface area contributed by atoms with Crippen LogP contribution in [0.4, 0.5) is 0 Å². The van der Waals surface area contributed by atoms with Crippen LogP contribution < -0.4 is 4.74 Å². The van der Waals surface area contributed by atoms with Crippen molar-refractivity contribution < 1.29 is 9.53 Å². The molecule has 96 valence electrons. The van der Waals surface area contributed by atoms with E-state index in [2.05, 4.69) is 5.10 Å². The zero-order chi connectivity index (χ0) is 13.2. The van der Waals surface area contributed by atoms with Gasteiger partial charge >= 0.3 is 0 Å². The Labute approximate surface area is 120 Å². The highest BCUT2D eigenvalue weighted by molar-refractivity contribution is 8.23. The van der Waals surface area contributed by atoms with Crippen LogP contribution in [0.3, 0.4) is 0 Å². The normalized spacial score (nSPS) is 18.5. The van der Waals surface area contributed by atoms with Crippen molar-refractivity contribution in [1.29, 1.82) is 0 Å². The standard InChI is InChI=1S/C13H10N2O2S2/c16-12-8-19-13(18)15(12)14-6-9-5-10-3-1-2-4-11(10)17-7-9/h1-6H,7-8H2/b14-6-. The van der Waals surface area contributed by atoms with Crippen molar-refractivity contribution in [2.24, 2.45) is 5.10 Å². The van der Waals surface area contributed by atoms with Crippen LogP contribution in [0.25, 0.3) is 6.08 Å². The number of carbonyl (C=O) groups excluding carboxylic acids is 1. The third kappa shape index (κ3) is 2.54. The summed E-state index contributed by atoms with van der Waals surface area (Å²) in [7, 11) is 0. The van der Waals surface area contributed by atoms with Gasteiger partial charge in [-0.15, -0.1) is 0 Å². The smallest absolute Gasteiger partial charge is 0.259 e. The van der Waals surface area contributed by atoms with Gasteiger partial charge in [-0.3, -0.25) is 4.79 Å². The van der Waals surface area contributed by atoms with E-state index in [-0.39, 0.29) is 5.91 Å². The molecular weight excluding hydrogens is 280 g/mol. The van der Waals surface area contributed by atoms with Crippen molar-refractivity contribution in [2.45, 2.75) is 0 Å². The molecule has 0 N–H and O–H groups in total. The lowest BCUT2D eigenvalue weighted by Gasteiger charge is -2.15. The minimum atomic E-state index is -0.0797. The largest absolute Gasteiger partial charge is 0.488 e. The number of benzene rings is 1. The van der Waals surface area contributed by atoms with Gasteiger partial charge in [0.1, 0.15) is 12.4 Å². The number of amides is 1. The van der Waals surface area contributed by atoms with Gasteiger partial charge in [0.15, 0.2) is 4.32 Å². The Balaban J connectivity index is 1.80. The second-order valence-electron chi connectivity index (χ2n) is 4.05. The van der Waals surface area contributed by atoms with Crippen molar-refractivity contribution in [3.63, 3.8) is 0 Å². The van der Waals surface area contributed by atoms with E-state index in [0.29, 0.717) is 16.7 Å². The van der Waals surface area contributed by atoms with E-state index >= 15 is 0 Å². The van der Waals surface area contributed by atoms with Crippen LogP contribution in [0.15, 0.2) is 34.9 Å². The van der Waals surface area contributed by atoms with Gasteiger partial charge in [0, 0.05) is 11.1 Å². The molecule has 1 fully saturated rings. The second-order valence-corrected chi connectivity index (χ2v) is 5.66. The Kier molecular flexibility index (Phi) is 3.35. The third-order valence-electron chi connectivity index (χ3n) is 2.72. The van der Waals surface area contributed by atoms with Crippen molar-refractivity contribution in [2.75, 3.05) is 12.4 Å². The molecular formula is C13H10N2O2S2. The predicted octanol–water partition coefficient (Wildman–Crippen LogP) is 2.31. The van der Waals surface area contributed by atoms with Gasteiger partial charge in [0.2, 0.25) is 0 Å². The lowest BCUT2D eigenvalue weighted by molar-refractivity contribution is -0.123. The minimum Gasteiger partial charge on any atom is -0.488 e. The van der Waals surface area contributed by atoms with Crippen molar-refractivity contribution in [3.05, 3.63) is 35.4 Å². The zero-order valence-corrected chi connectivity index (χ0v) is 11.5. The molecule has 0 aliphatic carbocycles. The lowest BCUT2D eigenvalue weighted by Crippen LogP contribution is -2.23.